The first-order chi connectivity index (χ1) is 8.50. The fraction of sp³-hybridized carbons (Fsp3) is 0.600. The standard InChI is InChI=1S/C10H16N4O4/c1-6(9(15)16)7(2)14-10(17)11-4-3-8-12-5-13-18-8/h5-7H,3-4H2,1-2H3,(H,15,16)(H2,11,14,17). The van der Waals surface area contributed by atoms with Gasteiger partial charge in [-0.05, 0) is 13.8 Å². The van der Waals surface area contributed by atoms with Gasteiger partial charge in [0.15, 0.2) is 6.33 Å². The highest BCUT2D eigenvalue weighted by atomic mass is 16.5. The van der Waals surface area contributed by atoms with E-state index in [0.717, 1.165) is 0 Å². The Morgan fingerprint density at radius 3 is 2.78 bits per heavy atom. The lowest BCUT2D eigenvalue weighted by Gasteiger charge is -2.17. The van der Waals surface area contributed by atoms with Crippen LogP contribution in [-0.4, -0.2) is 39.8 Å². The van der Waals surface area contributed by atoms with Crippen molar-refractivity contribution in [2.45, 2.75) is 26.3 Å². The second-order valence-corrected chi connectivity index (χ2v) is 3.90. The second kappa shape index (κ2) is 6.58. The number of aromatic nitrogens is 2. The summed E-state index contributed by atoms with van der Waals surface area (Å²) in [4.78, 5) is 25.9. The molecule has 3 N–H and O–H groups in total. The molecule has 0 spiro atoms. The van der Waals surface area contributed by atoms with Crippen molar-refractivity contribution in [3.05, 3.63) is 12.2 Å². The van der Waals surface area contributed by atoms with E-state index in [4.69, 9.17) is 9.63 Å². The Hall–Kier alpha value is -2.12. The lowest BCUT2D eigenvalue weighted by Crippen LogP contribution is -2.45. The van der Waals surface area contributed by atoms with Crippen LogP contribution in [0.15, 0.2) is 10.9 Å². The molecule has 0 saturated heterocycles. The summed E-state index contributed by atoms with van der Waals surface area (Å²) >= 11 is 0. The van der Waals surface area contributed by atoms with Crippen molar-refractivity contribution in [3.63, 3.8) is 0 Å². The Morgan fingerprint density at radius 2 is 2.22 bits per heavy atom. The van der Waals surface area contributed by atoms with E-state index in [1.165, 1.54) is 13.3 Å². The maximum absolute atomic E-state index is 11.4. The van der Waals surface area contributed by atoms with Crippen LogP contribution in [0.4, 0.5) is 4.79 Å². The third-order valence-corrected chi connectivity index (χ3v) is 2.53. The number of carboxylic acid groups (broad SMARTS) is 1. The van der Waals surface area contributed by atoms with Crippen LogP contribution in [0.1, 0.15) is 19.7 Å². The van der Waals surface area contributed by atoms with Crippen molar-refractivity contribution in [2.24, 2.45) is 5.92 Å². The van der Waals surface area contributed by atoms with Gasteiger partial charge in [-0.1, -0.05) is 5.16 Å². The Morgan fingerprint density at radius 1 is 1.50 bits per heavy atom. The Balaban J connectivity index is 2.23. The molecule has 100 valence electrons. The minimum Gasteiger partial charge on any atom is -0.481 e. The van der Waals surface area contributed by atoms with E-state index >= 15 is 0 Å². The van der Waals surface area contributed by atoms with Crippen molar-refractivity contribution in [2.75, 3.05) is 6.54 Å². The molecule has 0 saturated carbocycles. The summed E-state index contributed by atoms with van der Waals surface area (Å²) in [6.45, 7) is 3.50. The number of rotatable bonds is 6. The van der Waals surface area contributed by atoms with Crippen LogP contribution in [0.5, 0.6) is 0 Å². The van der Waals surface area contributed by atoms with Gasteiger partial charge in [0.05, 0.1) is 5.92 Å². The highest BCUT2D eigenvalue weighted by Gasteiger charge is 2.20. The smallest absolute Gasteiger partial charge is 0.315 e. The highest BCUT2D eigenvalue weighted by molar-refractivity contribution is 5.76. The molecular weight excluding hydrogens is 240 g/mol. The first-order valence-electron chi connectivity index (χ1n) is 5.53. The van der Waals surface area contributed by atoms with Crippen LogP contribution in [0.25, 0.3) is 0 Å². The monoisotopic (exact) mass is 256 g/mol. The molecule has 1 rings (SSSR count). The van der Waals surface area contributed by atoms with Crippen LogP contribution >= 0.6 is 0 Å². The number of amides is 2. The molecule has 8 heteroatoms. The van der Waals surface area contributed by atoms with Crippen molar-refractivity contribution >= 4 is 12.0 Å². The van der Waals surface area contributed by atoms with E-state index < -0.39 is 24.0 Å². The van der Waals surface area contributed by atoms with Crippen LogP contribution in [0.2, 0.25) is 0 Å². The Bertz CT molecular complexity index is 393. The third kappa shape index (κ3) is 4.40. The van der Waals surface area contributed by atoms with E-state index in [1.54, 1.807) is 6.92 Å². The number of aliphatic carboxylic acids is 1. The SMILES string of the molecule is CC(NC(=O)NCCc1ncno1)C(C)C(=O)O. The zero-order valence-corrected chi connectivity index (χ0v) is 10.2. The minimum absolute atomic E-state index is 0.336. The van der Waals surface area contributed by atoms with Gasteiger partial charge in [-0.25, -0.2) is 4.79 Å². The summed E-state index contributed by atoms with van der Waals surface area (Å²) in [6, 6.07) is -0.874. The van der Waals surface area contributed by atoms with E-state index in [9.17, 15) is 9.59 Å². The predicted octanol–water partition coefficient (Wildman–Crippen LogP) is 0.0205. The van der Waals surface area contributed by atoms with Crippen LogP contribution in [0, 0.1) is 5.92 Å². The summed E-state index contributed by atoms with van der Waals surface area (Å²) < 4.78 is 4.76. The molecule has 0 bridgehead atoms. The molecule has 1 aromatic rings. The summed E-state index contributed by atoms with van der Waals surface area (Å²) in [5.41, 5.74) is 0. The molecule has 18 heavy (non-hydrogen) atoms. The normalized spacial score (nSPS) is 13.7. The summed E-state index contributed by atoms with van der Waals surface area (Å²) in [6.07, 6.45) is 1.71. The summed E-state index contributed by atoms with van der Waals surface area (Å²) in [5, 5.41) is 17.3. The molecule has 2 amide bonds. The molecule has 1 aromatic heterocycles. The number of hydrogen-bond donors (Lipinski definition) is 3. The number of carbonyl (C=O) groups is 2. The van der Waals surface area contributed by atoms with E-state index in [2.05, 4.69) is 20.8 Å². The lowest BCUT2D eigenvalue weighted by molar-refractivity contribution is -0.141. The van der Waals surface area contributed by atoms with E-state index in [-0.39, 0.29) is 0 Å². The minimum atomic E-state index is -0.950. The van der Waals surface area contributed by atoms with E-state index in [1.807, 2.05) is 0 Å². The molecule has 0 radical (unpaired) electrons. The van der Waals surface area contributed by atoms with Gasteiger partial charge in [-0.2, -0.15) is 4.98 Å². The predicted molar refractivity (Wildman–Crippen MR) is 60.8 cm³/mol. The molecule has 2 atom stereocenters. The number of urea groups is 1. The van der Waals surface area contributed by atoms with Crippen molar-refractivity contribution < 1.29 is 19.2 Å². The van der Waals surface area contributed by atoms with Crippen molar-refractivity contribution in [3.8, 4) is 0 Å². The molecule has 0 aliphatic heterocycles. The van der Waals surface area contributed by atoms with Crippen LogP contribution in [0.3, 0.4) is 0 Å². The number of nitrogens with zero attached hydrogens (tertiary/aromatic N) is 2. The molecule has 2 unspecified atom stereocenters. The zero-order chi connectivity index (χ0) is 13.5. The molecular formula is C10H16N4O4. The highest BCUT2D eigenvalue weighted by Crippen LogP contribution is 2.01. The molecule has 0 aliphatic carbocycles. The van der Waals surface area contributed by atoms with Gasteiger partial charge in [0, 0.05) is 19.0 Å². The largest absolute Gasteiger partial charge is 0.481 e. The average molecular weight is 256 g/mol. The number of carboxylic acids is 1. The van der Waals surface area contributed by atoms with Gasteiger partial charge in [0.2, 0.25) is 5.89 Å². The fourth-order valence-corrected chi connectivity index (χ4v) is 1.19. The second-order valence-electron chi connectivity index (χ2n) is 3.90. The topological polar surface area (TPSA) is 117 Å². The van der Waals surface area contributed by atoms with Gasteiger partial charge in [-0.15, -0.1) is 0 Å². The zero-order valence-electron chi connectivity index (χ0n) is 10.2. The van der Waals surface area contributed by atoms with Gasteiger partial charge < -0.3 is 20.3 Å². The summed E-state index contributed by atoms with van der Waals surface area (Å²) in [5.74, 6) is -1.16. The van der Waals surface area contributed by atoms with Gasteiger partial charge in [0.1, 0.15) is 0 Å². The average Bonchev–Trinajstić information content (AvgIpc) is 2.80. The maximum atomic E-state index is 11.4. The van der Waals surface area contributed by atoms with Gasteiger partial charge >= 0.3 is 12.0 Å². The molecule has 0 aromatic carbocycles. The Kier molecular flexibility index (Phi) is 5.09. The summed E-state index contributed by atoms with van der Waals surface area (Å²) in [7, 11) is 0. The Labute approximate surface area is 104 Å². The van der Waals surface area contributed by atoms with Crippen molar-refractivity contribution in [1.82, 2.24) is 20.8 Å². The van der Waals surface area contributed by atoms with Gasteiger partial charge in [0.25, 0.3) is 0 Å². The van der Waals surface area contributed by atoms with E-state index in [0.29, 0.717) is 18.9 Å². The van der Waals surface area contributed by atoms with Gasteiger partial charge in [-0.3, -0.25) is 4.79 Å². The maximum Gasteiger partial charge on any atom is 0.315 e. The first kappa shape index (κ1) is 13.9. The van der Waals surface area contributed by atoms with Crippen molar-refractivity contribution in [1.29, 1.82) is 0 Å². The molecule has 0 fully saturated rings. The number of hydrogen-bond acceptors (Lipinski definition) is 5. The number of carbonyl (C=O) groups excluding carboxylic acids is 1. The molecule has 0 aliphatic rings. The van der Waals surface area contributed by atoms with Crippen LogP contribution in [-0.2, 0) is 11.2 Å². The first-order valence-corrected chi connectivity index (χ1v) is 5.53. The fourth-order valence-electron chi connectivity index (χ4n) is 1.19. The number of nitrogens with one attached hydrogen (secondary N) is 2. The third-order valence-electron chi connectivity index (χ3n) is 2.53. The van der Waals surface area contributed by atoms with Crippen LogP contribution < -0.4 is 10.6 Å². The molecule has 8 nitrogen and oxygen atoms in total. The quantitative estimate of drug-likeness (QED) is 0.660. The lowest BCUT2D eigenvalue weighted by atomic mass is 10.0. The molecule has 1 heterocycles.